The van der Waals surface area contributed by atoms with E-state index in [0.717, 1.165) is 12.2 Å². The molecule has 1 N–H and O–H groups in total. The Balaban J connectivity index is 4.22. The molecule has 1 unspecified atom stereocenters. The first kappa shape index (κ1) is 11.2. The van der Waals surface area contributed by atoms with Gasteiger partial charge in [0.05, 0.1) is 13.2 Å². The quantitative estimate of drug-likeness (QED) is 0.380. The minimum atomic E-state index is 0.169. The van der Waals surface area contributed by atoms with Crippen molar-refractivity contribution in [1.29, 1.82) is 0 Å². The third kappa shape index (κ3) is 3.58. The van der Waals surface area contributed by atoms with Gasteiger partial charge in [-0.3, -0.25) is 0 Å². The lowest BCUT2D eigenvalue weighted by molar-refractivity contribution is 0.187. The highest BCUT2D eigenvalue weighted by atomic mass is 16.5. The van der Waals surface area contributed by atoms with Gasteiger partial charge in [0.2, 0.25) is 0 Å². The average Bonchev–Trinajstić information content (AvgIpc) is 2.04. The fraction of sp³-hybridized carbons (Fsp3) is 0.667. The molecule has 0 rings (SSSR count). The van der Waals surface area contributed by atoms with Gasteiger partial charge in [-0.05, 0) is 6.42 Å². The fourth-order valence-electron chi connectivity index (χ4n) is 0.985. The molecule has 70 valence electrons. The molecule has 0 bridgehead atoms. The first-order chi connectivity index (χ1) is 5.65. The maximum atomic E-state index is 5.11. The number of nitrogens with one attached hydrogen (secondary N) is 1. The van der Waals surface area contributed by atoms with Gasteiger partial charge in [-0.25, -0.2) is 10.4 Å². The molecule has 0 heterocycles. The van der Waals surface area contributed by atoms with E-state index in [1.807, 2.05) is 19.1 Å². The number of hydrogen-bond acceptors (Lipinski definition) is 3. The van der Waals surface area contributed by atoms with E-state index in [2.05, 4.69) is 24.7 Å². The molecular formula is C9H18N2O. The summed E-state index contributed by atoms with van der Waals surface area (Å²) in [4.78, 5) is 0. The second-order valence-electron chi connectivity index (χ2n) is 2.73. The van der Waals surface area contributed by atoms with E-state index in [4.69, 9.17) is 4.74 Å². The minimum absolute atomic E-state index is 0.169. The maximum absolute atomic E-state index is 5.11. The van der Waals surface area contributed by atoms with Crippen LogP contribution in [0.4, 0.5) is 0 Å². The topological polar surface area (TPSA) is 24.5 Å². The molecule has 0 aliphatic rings. The molecule has 0 aromatic rings. The van der Waals surface area contributed by atoms with E-state index in [1.54, 1.807) is 7.11 Å². The van der Waals surface area contributed by atoms with Crippen molar-refractivity contribution < 1.29 is 4.74 Å². The largest absolute Gasteiger partial charge is 0.491 e. The number of methoxy groups -OCH3 is 1. The van der Waals surface area contributed by atoms with E-state index in [-0.39, 0.29) is 6.04 Å². The van der Waals surface area contributed by atoms with Gasteiger partial charge >= 0.3 is 0 Å². The minimum Gasteiger partial charge on any atom is -0.491 e. The zero-order valence-electron chi connectivity index (χ0n) is 8.35. The average molecular weight is 170 g/mol. The van der Waals surface area contributed by atoms with Gasteiger partial charge < -0.3 is 4.74 Å². The van der Waals surface area contributed by atoms with E-state index in [9.17, 15) is 0 Å². The summed E-state index contributed by atoms with van der Waals surface area (Å²) in [7, 11) is 5.52. The third-order valence-corrected chi connectivity index (χ3v) is 1.53. The van der Waals surface area contributed by atoms with Crippen LogP contribution in [0, 0.1) is 0 Å². The zero-order chi connectivity index (χ0) is 9.56. The van der Waals surface area contributed by atoms with Crippen LogP contribution < -0.4 is 5.43 Å². The van der Waals surface area contributed by atoms with Gasteiger partial charge in [-0.15, -0.1) is 0 Å². The van der Waals surface area contributed by atoms with Crippen molar-refractivity contribution in [3.05, 3.63) is 18.1 Å². The predicted molar refractivity (Wildman–Crippen MR) is 50.6 cm³/mol. The fourth-order valence-corrected chi connectivity index (χ4v) is 0.985. The van der Waals surface area contributed by atoms with E-state index < -0.39 is 0 Å². The molecule has 0 aliphatic carbocycles. The first-order valence-electron chi connectivity index (χ1n) is 4.03. The second-order valence-corrected chi connectivity index (χ2v) is 2.73. The zero-order valence-corrected chi connectivity index (χ0v) is 8.35. The molecule has 3 nitrogen and oxygen atoms in total. The molecule has 3 heteroatoms. The normalized spacial score (nSPS) is 12.4. The van der Waals surface area contributed by atoms with Crippen molar-refractivity contribution in [3.63, 3.8) is 0 Å². The highest BCUT2D eigenvalue weighted by Gasteiger charge is 2.11. The Hall–Kier alpha value is -0.760. The number of hydrogen-bond donors (Lipinski definition) is 1. The third-order valence-electron chi connectivity index (χ3n) is 1.53. The first-order valence-corrected chi connectivity index (χ1v) is 4.03. The van der Waals surface area contributed by atoms with Gasteiger partial charge in [-0.1, -0.05) is 19.2 Å². The summed E-state index contributed by atoms with van der Waals surface area (Å²) >= 11 is 0. The SMILES string of the molecule is C=C=C(OC)C(CC)NN(C)C. The molecule has 0 aromatic carbocycles. The number of ether oxygens (including phenoxy) is 1. The van der Waals surface area contributed by atoms with Crippen LogP contribution in [0.25, 0.3) is 0 Å². The van der Waals surface area contributed by atoms with Crippen molar-refractivity contribution in [1.82, 2.24) is 10.4 Å². The Morgan fingerprint density at radius 3 is 2.50 bits per heavy atom. The number of rotatable bonds is 5. The summed E-state index contributed by atoms with van der Waals surface area (Å²) < 4.78 is 5.11. The summed E-state index contributed by atoms with van der Waals surface area (Å²) in [6.45, 7) is 5.64. The van der Waals surface area contributed by atoms with Crippen LogP contribution in [0.15, 0.2) is 18.1 Å². The van der Waals surface area contributed by atoms with Crippen molar-refractivity contribution in [2.45, 2.75) is 19.4 Å². The molecule has 0 radical (unpaired) electrons. The molecule has 1 atom stereocenters. The molecule has 0 aromatic heterocycles. The summed E-state index contributed by atoms with van der Waals surface area (Å²) in [5.74, 6) is 0.756. The highest BCUT2D eigenvalue weighted by molar-refractivity contribution is 4.99. The Morgan fingerprint density at radius 2 is 2.25 bits per heavy atom. The molecule has 0 saturated heterocycles. The Morgan fingerprint density at radius 1 is 1.67 bits per heavy atom. The lowest BCUT2D eigenvalue weighted by Gasteiger charge is -2.21. The molecule has 0 spiro atoms. The molecule has 12 heavy (non-hydrogen) atoms. The predicted octanol–water partition coefficient (Wildman–Crippen LogP) is 1.15. The van der Waals surface area contributed by atoms with E-state index in [0.29, 0.717) is 0 Å². The lowest BCUT2D eigenvalue weighted by Crippen LogP contribution is -2.40. The van der Waals surface area contributed by atoms with E-state index in [1.165, 1.54) is 0 Å². The Bertz CT molecular complexity index is 171. The van der Waals surface area contributed by atoms with Crippen LogP contribution in [-0.4, -0.2) is 32.3 Å². The maximum Gasteiger partial charge on any atom is 0.155 e. The van der Waals surface area contributed by atoms with Crippen LogP contribution in [0.2, 0.25) is 0 Å². The van der Waals surface area contributed by atoms with Crippen molar-refractivity contribution in [2.24, 2.45) is 0 Å². The summed E-state index contributed by atoms with van der Waals surface area (Å²) in [6, 6.07) is 0.169. The van der Waals surface area contributed by atoms with Gasteiger partial charge in [0.1, 0.15) is 0 Å². The smallest absolute Gasteiger partial charge is 0.155 e. The van der Waals surface area contributed by atoms with Gasteiger partial charge in [0, 0.05) is 14.1 Å². The van der Waals surface area contributed by atoms with Crippen LogP contribution in [0.1, 0.15) is 13.3 Å². The molecule has 0 fully saturated rings. The van der Waals surface area contributed by atoms with Crippen molar-refractivity contribution in [2.75, 3.05) is 21.2 Å². The van der Waals surface area contributed by atoms with Crippen LogP contribution in [-0.2, 0) is 4.74 Å². The lowest BCUT2D eigenvalue weighted by atomic mass is 10.2. The van der Waals surface area contributed by atoms with Gasteiger partial charge in [0.15, 0.2) is 5.76 Å². The summed E-state index contributed by atoms with van der Waals surface area (Å²) in [5, 5.41) is 1.89. The molecule has 0 aliphatic heterocycles. The molecular weight excluding hydrogens is 152 g/mol. The summed E-state index contributed by atoms with van der Waals surface area (Å²) in [5.41, 5.74) is 5.96. The highest BCUT2D eigenvalue weighted by Crippen LogP contribution is 2.04. The molecule has 0 saturated carbocycles. The monoisotopic (exact) mass is 170 g/mol. The van der Waals surface area contributed by atoms with Crippen molar-refractivity contribution in [3.8, 4) is 0 Å². The van der Waals surface area contributed by atoms with Crippen LogP contribution in [0.5, 0.6) is 0 Å². The van der Waals surface area contributed by atoms with Crippen LogP contribution in [0.3, 0.4) is 0 Å². The van der Waals surface area contributed by atoms with Crippen molar-refractivity contribution >= 4 is 0 Å². The van der Waals surface area contributed by atoms with E-state index >= 15 is 0 Å². The second kappa shape index (κ2) is 5.84. The summed E-state index contributed by atoms with van der Waals surface area (Å²) in [6.07, 6.45) is 0.948. The Labute approximate surface area is 74.7 Å². The van der Waals surface area contributed by atoms with Crippen LogP contribution >= 0.6 is 0 Å². The number of nitrogens with zero attached hydrogens (tertiary/aromatic N) is 1. The Kier molecular flexibility index (Phi) is 5.47. The standard InChI is InChI=1S/C9H18N2O/c1-6-8(10-11(3)4)9(7-2)12-5/h8,10H,2,6H2,1,3-5H3. The van der Waals surface area contributed by atoms with Gasteiger partial charge in [-0.2, -0.15) is 0 Å². The van der Waals surface area contributed by atoms with Gasteiger partial charge in [0.25, 0.3) is 0 Å². The molecule has 0 amide bonds. The number of hydrazine groups is 1.